The van der Waals surface area contributed by atoms with Crippen molar-refractivity contribution in [2.75, 3.05) is 37.8 Å². The fourth-order valence-corrected chi connectivity index (χ4v) is 5.06. The van der Waals surface area contributed by atoms with Crippen molar-refractivity contribution in [1.29, 1.82) is 0 Å². The standard InChI is InChI=1S/C14H25NO2S/c16-10-12-1-5-15(6-2-12)13-3-7-17-14(9-13)4-8-18-11-14/h12-13,16H,1-11H2. The molecule has 0 aromatic rings. The third-order valence-corrected chi connectivity index (χ3v) is 6.18. The van der Waals surface area contributed by atoms with Gasteiger partial charge < -0.3 is 14.7 Å². The summed E-state index contributed by atoms with van der Waals surface area (Å²) in [4.78, 5) is 2.67. The summed E-state index contributed by atoms with van der Waals surface area (Å²) in [6, 6.07) is 0.733. The summed E-state index contributed by atoms with van der Waals surface area (Å²) in [7, 11) is 0. The molecule has 3 fully saturated rings. The molecule has 3 heterocycles. The highest BCUT2D eigenvalue weighted by Crippen LogP contribution is 2.40. The van der Waals surface area contributed by atoms with Crippen molar-refractivity contribution < 1.29 is 9.84 Å². The van der Waals surface area contributed by atoms with Crippen molar-refractivity contribution in [1.82, 2.24) is 4.90 Å². The number of piperidine rings is 1. The highest BCUT2D eigenvalue weighted by atomic mass is 32.2. The molecule has 2 atom stereocenters. The average molecular weight is 271 g/mol. The molecule has 1 N–H and O–H groups in total. The molecule has 104 valence electrons. The van der Waals surface area contributed by atoms with Crippen LogP contribution in [0.15, 0.2) is 0 Å². The van der Waals surface area contributed by atoms with Gasteiger partial charge in [0.2, 0.25) is 0 Å². The maximum Gasteiger partial charge on any atom is 0.0795 e. The first-order valence-corrected chi connectivity index (χ1v) is 8.53. The van der Waals surface area contributed by atoms with Crippen LogP contribution in [0.3, 0.4) is 0 Å². The van der Waals surface area contributed by atoms with E-state index in [-0.39, 0.29) is 5.60 Å². The maximum absolute atomic E-state index is 9.21. The number of likely N-dealkylation sites (tertiary alicyclic amines) is 1. The molecule has 2 unspecified atom stereocenters. The Bertz CT molecular complexity index is 273. The van der Waals surface area contributed by atoms with Gasteiger partial charge in [0.1, 0.15) is 0 Å². The van der Waals surface area contributed by atoms with Crippen LogP contribution < -0.4 is 0 Å². The van der Waals surface area contributed by atoms with Gasteiger partial charge in [0, 0.05) is 25.0 Å². The monoisotopic (exact) mass is 271 g/mol. The molecule has 0 aromatic carbocycles. The van der Waals surface area contributed by atoms with E-state index in [1.165, 1.54) is 56.7 Å². The Morgan fingerprint density at radius 3 is 2.78 bits per heavy atom. The van der Waals surface area contributed by atoms with Crippen LogP contribution in [0.5, 0.6) is 0 Å². The Balaban J connectivity index is 1.56. The molecule has 3 aliphatic heterocycles. The molecule has 3 nitrogen and oxygen atoms in total. The van der Waals surface area contributed by atoms with Crippen LogP contribution in [0, 0.1) is 5.92 Å². The van der Waals surface area contributed by atoms with E-state index in [0.29, 0.717) is 12.5 Å². The number of hydrogen-bond donors (Lipinski definition) is 1. The SMILES string of the molecule is OCC1CCN(C2CCOC3(CCSC3)C2)CC1. The fourth-order valence-electron chi connectivity index (χ4n) is 3.68. The number of aliphatic hydroxyl groups excluding tert-OH is 1. The zero-order chi connectivity index (χ0) is 12.4. The summed E-state index contributed by atoms with van der Waals surface area (Å²) in [5.74, 6) is 3.03. The number of aliphatic hydroxyl groups is 1. The average Bonchev–Trinajstić information content (AvgIpc) is 2.87. The molecule has 0 radical (unpaired) electrons. The van der Waals surface area contributed by atoms with E-state index in [4.69, 9.17) is 4.74 Å². The van der Waals surface area contributed by atoms with Crippen LogP contribution in [-0.2, 0) is 4.74 Å². The van der Waals surface area contributed by atoms with Gasteiger partial charge in [-0.1, -0.05) is 0 Å². The lowest BCUT2D eigenvalue weighted by Crippen LogP contribution is -2.51. The molecule has 18 heavy (non-hydrogen) atoms. The minimum absolute atomic E-state index is 0.210. The number of thioether (sulfide) groups is 1. The summed E-state index contributed by atoms with van der Waals surface area (Å²) < 4.78 is 6.10. The van der Waals surface area contributed by atoms with Crippen molar-refractivity contribution in [3.8, 4) is 0 Å². The Morgan fingerprint density at radius 1 is 1.28 bits per heavy atom. The molecule has 0 amide bonds. The number of nitrogens with zero attached hydrogens (tertiary/aromatic N) is 1. The zero-order valence-electron chi connectivity index (χ0n) is 11.1. The van der Waals surface area contributed by atoms with Crippen LogP contribution >= 0.6 is 11.8 Å². The first-order valence-electron chi connectivity index (χ1n) is 7.38. The van der Waals surface area contributed by atoms with Crippen molar-refractivity contribution >= 4 is 11.8 Å². The second-order valence-corrected chi connectivity index (χ2v) is 7.25. The van der Waals surface area contributed by atoms with E-state index in [9.17, 15) is 5.11 Å². The third kappa shape index (κ3) is 2.72. The second kappa shape index (κ2) is 5.70. The highest BCUT2D eigenvalue weighted by Gasteiger charge is 2.42. The van der Waals surface area contributed by atoms with E-state index < -0.39 is 0 Å². The summed E-state index contributed by atoms with van der Waals surface area (Å²) in [5, 5.41) is 9.21. The van der Waals surface area contributed by atoms with Gasteiger partial charge in [-0.3, -0.25) is 0 Å². The van der Waals surface area contributed by atoms with E-state index in [1.807, 2.05) is 0 Å². The zero-order valence-corrected chi connectivity index (χ0v) is 12.0. The quantitative estimate of drug-likeness (QED) is 0.829. The minimum atomic E-state index is 0.210. The van der Waals surface area contributed by atoms with Gasteiger partial charge in [-0.15, -0.1) is 0 Å². The summed E-state index contributed by atoms with van der Waals surface area (Å²) in [6.07, 6.45) is 6.05. The van der Waals surface area contributed by atoms with Gasteiger partial charge in [0.05, 0.1) is 5.60 Å². The lowest BCUT2D eigenvalue weighted by atomic mass is 9.87. The van der Waals surface area contributed by atoms with Crippen LogP contribution in [0.2, 0.25) is 0 Å². The first-order chi connectivity index (χ1) is 8.81. The van der Waals surface area contributed by atoms with Gasteiger partial charge in [-0.25, -0.2) is 0 Å². The number of hydrogen-bond acceptors (Lipinski definition) is 4. The number of rotatable bonds is 2. The highest BCUT2D eigenvalue weighted by molar-refractivity contribution is 7.99. The largest absolute Gasteiger partial charge is 0.396 e. The van der Waals surface area contributed by atoms with Crippen LogP contribution in [0.25, 0.3) is 0 Å². The first kappa shape index (κ1) is 13.2. The fraction of sp³-hybridized carbons (Fsp3) is 1.00. The van der Waals surface area contributed by atoms with E-state index in [1.54, 1.807) is 0 Å². The second-order valence-electron chi connectivity index (χ2n) is 6.14. The molecule has 0 aliphatic carbocycles. The van der Waals surface area contributed by atoms with E-state index in [2.05, 4.69) is 16.7 Å². The molecule has 3 rings (SSSR count). The minimum Gasteiger partial charge on any atom is -0.396 e. The molecule has 1 spiro atoms. The van der Waals surface area contributed by atoms with Gasteiger partial charge in [0.15, 0.2) is 0 Å². The summed E-state index contributed by atoms with van der Waals surface area (Å²) in [5.41, 5.74) is 0.210. The molecule has 0 aromatic heterocycles. The van der Waals surface area contributed by atoms with Crippen LogP contribution in [0.4, 0.5) is 0 Å². The predicted octanol–water partition coefficient (Wildman–Crippen LogP) is 1.75. The molecule has 3 saturated heterocycles. The number of ether oxygens (including phenoxy) is 1. The van der Waals surface area contributed by atoms with Gasteiger partial charge in [-0.2, -0.15) is 11.8 Å². The molecule has 3 aliphatic rings. The Kier molecular flexibility index (Phi) is 4.18. The molecule has 0 saturated carbocycles. The van der Waals surface area contributed by atoms with Crippen LogP contribution in [-0.4, -0.2) is 59.5 Å². The smallest absolute Gasteiger partial charge is 0.0795 e. The molecular formula is C14H25NO2S. The van der Waals surface area contributed by atoms with Crippen molar-refractivity contribution in [3.63, 3.8) is 0 Å². The van der Waals surface area contributed by atoms with E-state index in [0.717, 1.165) is 12.6 Å². The lowest BCUT2D eigenvalue weighted by Gasteiger charge is -2.44. The Morgan fingerprint density at radius 2 is 2.11 bits per heavy atom. The normalized spacial score (nSPS) is 39.5. The third-order valence-electron chi connectivity index (χ3n) is 4.96. The van der Waals surface area contributed by atoms with Crippen molar-refractivity contribution in [3.05, 3.63) is 0 Å². The van der Waals surface area contributed by atoms with E-state index >= 15 is 0 Å². The molecular weight excluding hydrogens is 246 g/mol. The lowest BCUT2D eigenvalue weighted by molar-refractivity contribution is -0.0935. The maximum atomic E-state index is 9.21. The summed E-state index contributed by atoms with van der Waals surface area (Å²) in [6.45, 7) is 3.69. The van der Waals surface area contributed by atoms with Crippen molar-refractivity contribution in [2.24, 2.45) is 5.92 Å². The van der Waals surface area contributed by atoms with Gasteiger partial charge in [0.25, 0.3) is 0 Å². The van der Waals surface area contributed by atoms with Gasteiger partial charge >= 0.3 is 0 Å². The van der Waals surface area contributed by atoms with Crippen LogP contribution in [0.1, 0.15) is 32.1 Å². The predicted molar refractivity (Wildman–Crippen MR) is 75.0 cm³/mol. The summed E-state index contributed by atoms with van der Waals surface area (Å²) >= 11 is 2.06. The topological polar surface area (TPSA) is 32.7 Å². The van der Waals surface area contributed by atoms with Gasteiger partial charge in [-0.05, 0) is 56.9 Å². The Hall–Kier alpha value is 0.230. The van der Waals surface area contributed by atoms with Crippen molar-refractivity contribution in [2.45, 2.75) is 43.7 Å². The molecule has 4 heteroatoms. The molecule has 0 bridgehead atoms. The Labute approximate surface area is 114 Å².